The number of carbonyl (C=O) groups is 3. The van der Waals surface area contributed by atoms with Gasteiger partial charge in [-0.05, 0) is 35.7 Å². The summed E-state index contributed by atoms with van der Waals surface area (Å²) in [5, 5.41) is 5.25. The van der Waals surface area contributed by atoms with Crippen LogP contribution in [0.15, 0.2) is 42.5 Å². The third-order valence-corrected chi connectivity index (χ3v) is 6.56. The summed E-state index contributed by atoms with van der Waals surface area (Å²) in [6.07, 6.45) is -0.0163. The van der Waals surface area contributed by atoms with Crippen molar-refractivity contribution in [3.8, 4) is 11.1 Å². The predicted molar refractivity (Wildman–Crippen MR) is 132 cm³/mol. The number of hydrogen-bond acceptors (Lipinski definition) is 7. The zero-order valence-electron chi connectivity index (χ0n) is 20.0. The monoisotopic (exact) mass is 520 g/mol. The summed E-state index contributed by atoms with van der Waals surface area (Å²) in [7, 11) is -3.20. The van der Waals surface area contributed by atoms with Crippen LogP contribution in [0.2, 0.25) is 0 Å². The van der Waals surface area contributed by atoms with E-state index in [9.17, 15) is 27.2 Å². The number of benzene rings is 2. The number of sulfone groups is 1. The molecule has 0 radical (unpaired) electrons. The van der Waals surface area contributed by atoms with Gasteiger partial charge in [-0.15, -0.1) is 0 Å². The van der Waals surface area contributed by atoms with E-state index in [1.807, 2.05) is 0 Å². The second-order valence-corrected chi connectivity index (χ2v) is 10.9. The van der Waals surface area contributed by atoms with Gasteiger partial charge in [-0.2, -0.15) is 0 Å². The number of rotatable bonds is 10. The van der Waals surface area contributed by atoms with E-state index in [0.717, 1.165) is 11.8 Å². The van der Waals surface area contributed by atoms with Crippen molar-refractivity contribution in [1.82, 2.24) is 10.6 Å². The number of anilines is 1. The molecule has 0 spiro atoms. The molecule has 1 aliphatic heterocycles. The number of nitrogens with zero attached hydrogens (tertiary/aromatic N) is 1. The summed E-state index contributed by atoms with van der Waals surface area (Å²) in [6.45, 7) is 1.92. The molecule has 0 saturated carbocycles. The Morgan fingerprint density at radius 2 is 1.89 bits per heavy atom. The minimum Gasteiger partial charge on any atom is -0.442 e. The molecule has 1 aliphatic rings. The molecule has 0 bridgehead atoms. The SMILES string of the molecule is CC(=O)NC[C@H]1CN(c2ccc(-c3ccc(CNC(=O)[C@@H](N)CCS(C)(=O)=O)cc3)c(F)c2)C(=O)O1. The fourth-order valence-electron chi connectivity index (χ4n) is 3.60. The summed E-state index contributed by atoms with van der Waals surface area (Å²) in [4.78, 5) is 36.6. The van der Waals surface area contributed by atoms with Crippen molar-refractivity contribution in [3.05, 3.63) is 53.8 Å². The van der Waals surface area contributed by atoms with Gasteiger partial charge in [-0.25, -0.2) is 17.6 Å². The van der Waals surface area contributed by atoms with Crippen molar-refractivity contribution in [2.45, 2.75) is 32.0 Å². The molecule has 36 heavy (non-hydrogen) atoms. The van der Waals surface area contributed by atoms with Crippen molar-refractivity contribution in [2.75, 3.05) is 30.0 Å². The molecule has 10 nitrogen and oxygen atoms in total. The first kappa shape index (κ1) is 27.1. The lowest BCUT2D eigenvalue weighted by Crippen LogP contribution is -2.41. The lowest BCUT2D eigenvalue weighted by Gasteiger charge is -2.15. The van der Waals surface area contributed by atoms with Crippen molar-refractivity contribution in [1.29, 1.82) is 0 Å². The molecule has 0 aromatic heterocycles. The Balaban J connectivity index is 1.59. The van der Waals surface area contributed by atoms with Gasteiger partial charge in [0.25, 0.3) is 0 Å². The van der Waals surface area contributed by atoms with Crippen LogP contribution in [0.5, 0.6) is 0 Å². The molecule has 3 rings (SSSR count). The second-order valence-electron chi connectivity index (χ2n) is 8.66. The van der Waals surface area contributed by atoms with E-state index in [0.29, 0.717) is 16.8 Å². The minimum atomic E-state index is -3.20. The highest BCUT2D eigenvalue weighted by Crippen LogP contribution is 2.29. The first-order valence-corrected chi connectivity index (χ1v) is 13.3. The van der Waals surface area contributed by atoms with Gasteiger partial charge in [0.15, 0.2) is 0 Å². The molecule has 12 heteroatoms. The van der Waals surface area contributed by atoms with Crippen LogP contribution in [-0.2, 0) is 30.7 Å². The van der Waals surface area contributed by atoms with Gasteiger partial charge in [-0.3, -0.25) is 14.5 Å². The van der Waals surface area contributed by atoms with Crippen LogP contribution in [0.1, 0.15) is 18.9 Å². The third kappa shape index (κ3) is 7.49. The quantitative estimate of drug-likeness (QED) is 0.428. The third-order valence-electron chi connectivity index (χ3n) is 5.59. The molecule has 1 heterocycles. The summed E-state index contributed by atoms with van der Waals surface area (Å²) < 4.78 is 42.6. The maximum atomic E-state index is 14.9. The van der Waals surface area contributed by atoms with Gasteiger partial charge in [0, 0.05) is 25.3 Å². The van der Waals surface area contributed by atoms with Crippen LogP contribution < -0.4 is 21.3 Å². The van der Waals surface area contributed by atoms with Gasteiger partial charge in [0.2, 0.25) is 11.8 Å². The van der Waals surface area contributed by atoms with Gasteiger partial charge < -0.3 is 21.1 Å². The van der Waals surface area contributed by atoms with Crippen molar-refractivity contribution in [2.24, 2.45) is 5.73 Å². The van der Waals surface area contributed by atoms with Crippen LogP contribution in [0.4, 0.5) is 14.9 Å². The molecule has 1 saturated heterocycles. The Labute approximate surface area is 208 Å². The van der Waals surface area contributed by atoms with Gasteiger partial charge in [0.1, 0.15) is 21.8 Å². The van der Waals surface area contributed by atoms with Crippen LogP contribution in [-0.4, -0.2) is 63.6 Å². The molecular weight excluding hydrogens is 491 g/mol. The van der Waals surface area contributed by atoms with Gasteiger partial charge >= 0.3 is 6.09 Å². The first-order chi connectivity index (χ1) is 16.9. The van der Waals surface area contributed by atoms with Crippen LogP contribution in [0.3, 0.4) is 0 Å². The number of ether oxygens (including phenoxy) is 1. The number of cyclic esters (lactones) is 1. The maximum Gasteiger partial charge on any atom is 0.414 e. The van der Waals surface area contributed by atoms with E-state index in [2.05, 4.69) is 10.6 Å². The molecular formula is C24H29FN4O6S. The normalized spacial score (nSPS) is 16.4. The van der Waals surface area contributed by atoms with Crippen LogP contribution >= 0.6 is 0 Å². The highest BCUT2D eigenvalue weighted by molar-refractivity contribution is 7.90. The van der Waals surface area contributed by atoms with Crippen LogP contribution in [0, 0.1) is 5.82 Å². The molecule has 1 fully saturated rings. The Kier molecular flexibility index (Phi) is 8.64. The topological polar surface area (TPSA) is 148 Å². The zero-order chi connectivity index (χ0) is 26.5. The van der Waals surface area contributed by atoms with Crippen molar-refractivity contribution < 1.29 is 31.9 Å². The largest absolute Gasteiger partial charge is 0.442 e. The minimum absolute atomic E-state index is 0.0317. The predicted octanol–water partition coefficient (Wildman–Crippen LogP) is 1.33. The van der Waals surface area contributed by atoms with Gasteiger partial charge in [0.05, 0.1) is 30.6 Å². The van der Waals surface area contributed by atoms with Gasteiger partial charge in [-0.1, -0.05) is 24.3 Å². The van der Waals surface area contributed by atoms with Crippen LogP contribution in [0.25, 0.3) is 11.1 Å². The summed E-state index contributed by atoms with van der Waals surface area (Å²) in [6, 6.07) is 10.4. The highest BCUT2D eigenvalue weighted by atomic mass is 32.2. The fraction of sp³-hybridized carbons (Fsp3) is 0.375. The molecule has 3 amide bonds. The average molecular weight is 521 g/mol. The first-order valence-electron chi connectivity index (χ1n) is 11.3. The van der Waals surface area contributed by atoms with E-state index in [4.69, 9.17) is 10.5 Å². The van der Waals surface area contributed by atoms with Crippen molar-refractivity contribution >= 4 is 33.4 Å². The highest BCUT2D eigenvalue weighted by Gasteiger charge is 2.32. The molecule has 2 aromatic rings. The molecule has 0 unspecified atom stereocenters. The lowest BCUT2D eigenvalue weighted by molar-refractivity contribution is -0.122. The standard InChI is InChI=1S/C24H29FN4O6S/c1-15(30)27-13-19-14-29(24(32)35-19)18-7-8-20(21(25)11-18)17-5-3-16(4-6-17)12-28-23(31)22(26)9-10-36(2,33)34/h3-8,11,19,22H,9-10,12-14,26H2,1-2H3,(H,27,30)(H,28,31)/t19-,22-/m0/s1. The lowest BCUT2D eigenvalue weighted by atomic mass is 10.0. The molecule has 4 N–H and O–H groups in total. The maximum absolute atomic E-state index is 14.9. The summed E-state index contributed by atoms with van der Waals surface area (Å²) in [5.74, 6) is -1.38. The summed E-state index contributed by atoms with van der Waals surface area (Å²) in [5.41, 5.74) is 7.77. The van der Waals surface area contributed by atoms with E-state index in [1.54, 1.807) is 36.4 Å². The molecule has 2 aromatic carbocycles. The Bertz CT molecular complexity index is 1240. The van der Waals surface area contributed by atoms with E-state index >= 15 is 0 Å². The summed E-state index contributed by atoms with van der Waals surface area (Å²) >= 11 is 0. The number of amides is 3. The fourth-order valence-corrected chi connectivity index (χ4v) is 4.28. The second kappa shape index (κ2) is 11.5. The Morgan fingerprint density at radius 1 is 1.19 bits per heavy atom. The Hall–Kier alpha value is -3.51. The zero-order valence-corrected chi connectivity index (χ0v) is 20.8. The smallest absolute Gasteiger partial charge is 0.414 e. The number of nitrogens with two attached hydrogens (primary N) is 1. The number of carbonyl (C=O) groups excluding carboxylic acids is 3. The molecule has 2 atom stereocenters. The van der Waals surface area contributed by atoms with E-state index < -0.39 is 39.8 Å². The number of nitrogens with one attached hydrogen (secondary N) is 2. The van der Waals surface area contributed by atoms with Crippen molar-refractivity contribution in [3.63, 3.8) is 0 Å². The number of hydrogen-bond donors (Lipinski definition) is 3. The molecule has 194 valence electrons. The number of halogens is 1. The van der Waals surface area contributed by atoms with E-state index in [-0.39, 0.29) is 37.7 Å². The molecule has 0 aliphatic carbocycles. The van der Waals surface area contributed by atoms with E-state index in [1.165, 1.54) is 17.9 Å². The average Bonchev–Trinajstić information content (AvgIpc) is 3.20. The Morgan fingerprint density at radius 3 is 2.50 bits per heavy atom.